The van der Waals surface area contributed by atoms with E-state index < -0.39 is 0 Å². The van der Waals surface area contributed by atoms with E-state index >= 15 is 0 Å². The van der Waals surface area contributed by atoms with Gasteiger partial charge in [-0.15, -0.1) is 11.3 Å². The number of ether oxygens (including phenoxy) is 1. The number of nitrogens with zero attached hydrogens (tertiary/aromatic N) is 1. The van der Waals surface area contributed by atoms with Crippen LogP contribution in [0, 0.1) is 0 Å². The quantitative estimate of drug-likeness (QED) is 0.793. The molecule has 3 rings (SSSR count). The first-order valence-electron chi connectivity index (χ1n) is 7.30. The molecule has 0 unspecified atom stereocenters. The fraction of sp³-hybridized carbons (Fsp3) is 0.353. The molecule has 0 N–H and O–H groups in total. The van der Waals surface area contributed by atoms with Crippen molar-refractivity contribution in [1.82, 2.24) is 4.90 Å². The van der Waals surface area contributed by atoms with Gasteiger partial charge in [-0.1, -0.05) is 0 Å². The predicted octanol–water partition coefficient (Wildman–Crippen LogP) is 3.39. The van der Waals surface area contributed by atoms with Gasteiger partial charge in [0.25, 0.3) is 0 Å². The molecule has 110 valence electrons. The maximum atomic E-state index is 12.4. The molecule has 0 saturated carbocycles. The summed E-state index contributed by atoms with van der Waals surface area (Å²) in [5.41, 5.74) is 2.14. The molecule has 0 bridgehead atoms. The monoisotopic (exact) mass is 301 g/mol. The van der Waals surface area contributed by atoms with E-state index in [1.165, 1.54) is 10.4 Å². The highest BCUT2D eigenvalue weighted by atomic mass is 32.1. The van der Waals surface area contributed by atoms with Crippen LogP contribution >= 0.6 is 11.3 Å². The van der Waals surface area contributed by atoms with Gasteiger partial charge < -0.3 is 4.74 Å². The molecule has 2 aromatic rings. The van der Waals surface area contributed by atoms with Crippen molar-refractivity contribution in [1.29, 1.82) is 0 Å². The number of hydrogen-bond donors (Lipinski definition) is 0. The van der Waals surface area contributed by atoms with Crippen LogP contribution in [0.25, 0.3) is 0 Å². The Labute approximate surface area is 129 Å². The van der Waals surface area contributed by atoms with E-state index in [-0.39, 0.29) is 5.78 Å². The second-order valence-corrected chi connectivity index (χ2v) is 6.21. The average Bonchev–Trinajstić information content (AvgIpc) is 2.96. The van der Waals surface area contributed by atoms with Crippen molar-refractivity contribution in [3.8, 4) is 5.75 Å². The molecule has 1 aliphatic rings. The molecule has 0 saturated heterocycles. The lowest BCUT2D eigenvalue weighted by molar-refractivity contribution is 0.0922. The van der Waals surface area contributed by atoms with Crippen molar-refractivity contribution in [2.45, 2.75) is 19.9 Å². The lowest BCUT2D eigenvalue weighted by Gasteiger charge is -2.26. The Balaban J connectivity index is 1.61. The van der Waals surface area contributed by atoms with Gasteiger partial charge in [-0.3, -0.25) is 9.69 Å². The van der Waals surface area contributed by atoms with Crippen molar-refractivity contribution in [3.63, 3.8) is 0 Å². The van der Waals surface area contributed by atoms with Crippen LogP contribution in [-0.2, 0) is 13.0 Å². The van der Waals surface area contributed by atoms with Crippen molar-refractivity contribution < 1.29 is 9.53 Å². The van der Waals surface area contributed by atoms with E-state index in [0.29, 0.717) is 13.2 Å². The zero-order valence-electron chi connectivity index (χ0n) is 12.2. The summed E-state index contributed by atoms with van der Waals surface area (Å²) in [5, 5.41) is 2.14. The van der Waals surface area contributed by atoms with Gasteiger partial charge in [0.1, 0.15) is 5.75 Å². The van der Waals surface area contributed by atoms with Gasteiger partial charge in [-0.2, -0.15) is 0 Å². The van der Waals surface area contributed by atoms with Gasteiger partial charge in [0.05, 0.1) is 13.2 Å². The maximum absolute atomic E-state index is 12.4. The minimum Gasteiger partial charge on any atom is -0.494 e. The number of benzene rings is 1. The van der Waals surface area contributed by atoms with E-state index in [4.69, 9.17) is 4.74 Å². The number of Topliss-reactive ketones (excluding diaryl/α,β-unsaturated/α-hetero) is 1. The molecular formula is C17H19NO2S. The molecule has 1 aromatic heterocycles. The zero-order chi connectivity index (χ0) is 14.7. The third-order valence-corrected chi connectivity index (χ3v) is 4.76. The Bertz CT molecular complexity index is 618. The van der Waals surface area contributed by atoms with Crippen molar-refractivity contribution in [3.05, 3.63) is 51.7 Å². The second-order valence-electron chi connectivity index (χ2n) is 5.21. The SMILES string of the molecule is CCOc1ccc(C(=O)CN2CCc3sccc3C2)cc1. The number of fused-ring (bicyclic) bond motifs is 1. The van der Waals surface area contributed by atoms with Crippen molar-refractivity contribution in [2.24, 2.45) is 0 Å². The Hall–Kier alpha value is -1.65. The molecule has 0 atom stereocenters. The smallest absolute Gasteiger partial charge is 0.176 e. The minimum absolute atomic E-state index is 0.178. The predicted molar refractivity (Wildman–Crippen MR) is 85.2 cm³/mol. The molecule has 0 radical (unpaired) electrons. The van der Waals surface area contributed by atoms with Gasteiger partial charge in [0.15, 0.2) is 5.78 Å². The Kier molecular flexibility index (Phi) is 4.36. The number of hydrogen-bond acceptors (Lipinski definition) is 4. The highest BCUT2D eigenvalue weighted by Crippen LogP contribution is 2.24. The molecule has 0 fully saturated rings. The molecule has 0 amide bonds. The second kappa shape index (κ2) is 6.41. The number of carbonyl (C=O) groups excluding carboxylic acids is 1. The highest BCUT2D eigenvalue weighted by Gasteiger charge is 2.19. The minimum atomic E-state index is 0.178. The van der Waals surface area contributed by atoms with Gasteiger partial charge >= 0.3 is 0 Å². The summed E-state index contributed by atoms with van der Waals surface area (Å²) >= 11 is 1.82. The molecule has 21 heavy (non-hydrogen) atoms. The van der Waals surface area contributed by atoms with Crippen LogP contribution in [0.1, 0.15) is 27.7 Å². The summed E-state index contributed by atoms with van der Waals surface area (Å²) < 4.78 is 5.40. The lowest BCUT2D eigenvalue weighted by atomic mass is 10.1. The third kappa shape index (κ3) is 3.34. The lowest BCUT2D eigenvalue weighted by Crippen LogP contribution is -2.34. The Morgan fingerprint density at radius 1 is 1.29 bits per heavy atom. The first-order chi connectivity index (χ1) is 10.3. The first kappa shape index (κ1) is 14.3. The molecule has 4 heteroatoms. The van der Waals surface area contributed by atoms with Gasteiger partial charge in [-0.05, 0) is 54.6 Å². The van der Waals surface area contributed by atoms with Crippen LogP contribution < -0.4 is 4.74 Å². The summed E-state index contributed by atoms with van der Waals surface area (Å²) in [6, 6.07) is 9.61. The highest BCUT2D eigenvalue weighted by molar-refractivity contribution is 7.10. The standard InChI is InChI=1S/C17H19NO2S/c1-2-20-15-5-3-13(4-6-15)16(19)12-18-9-7-17-14(11-18)8-10-21-17/h3-6,8,10H,2,7,9,11-12H2,1H3. The van der Waals surface area contributed by atoms with E-state index in [0.717, 1.165) is 30.8 Å². The molecule has 2 heterocycles. The summed E-state index contributed by atoms with van der Waals surface area (Å²) in [6.45, 7) is 4.94. The molecule has 1 aromatic carbocycles. The van der Waals surface area contributed by atoms with Gasteiger partial charge in [0.2, 0.25) is 0 Å². The normalized spacial score (nSPS) is 14.7. The molecule has 1 aliphatic heterocycles. The number of rotatable bonds is 5. The molecule has 0 aliphatic carbocycles. The number of ketones is 1. The largest absolute Gasteiger partial charge is 0.494 e. The molecule has 0 spiro atoms. The van der Waals surface area contributed by atoms with Crippen molar-refractivity contribution >= 4 is 17.1 Å². The van der Waals surface area contributed by atoms with Gasteiger partial charge in [-0.25, -0.2) is 0 Å². The zero-order valence-corrected chi connectivity index (χ0v) is 13.0. The van der Waals surface area contributed by atoms with E-state index in [1.54, 1.807) is 0 Å². The summed E-state index contributed by atoms with van der Waals surface area (Å²) in [6.07, 6.45) is 1.06. The first-order valence-corrected chi connectivity index (χ1v) is 8.18. The van der Waals surface area contributed by atoms with Crippen LogP contribution in [0.5, 0.6) is 5.75 Å². The van der Waals surface area contributed by atoms with E-state index in [1.807, 2.05) is 42.5 Å². The van der Waals surface area contributed by atoms with Gasteiger partial charge in [0, 0.05) is 23.5 Å². The van der Waals surface area contributed by atoms with Crippen LogP contribution in [-0.4, -0.2) is 30.4 Å². The topological polar surface area (TPSA) is 29.5 Å². The Morgan fingerprint density at radius 2 is 2.10 bits per heavy atom. The summed E-state index contributed by atoms with van der Waals surface area (Å²) in [5.74, 6) is 0.992. The maximum Gasteiger partial charge on any atom is 0.176 e. The third-order valence-electron chi connectivity index (χ3n) is 3.74. The Morgan fingerprint density at radius 3 is 2.86 bits per heavy atom. The summed E-state index contributed by atoms with van der Waals surface area (Å²) in [4.78, 5) is 16.1. The fourth-order valence-corrected chi connectivity index (χ4v) is 3.53. The van der Waals surface area contributed by atoms with E-state index in [9.17, 15) is 4.79 Å². The van der Waals surface area contributed by atoms with Crippen LogP contribution in [0.15, 0.2) is 35.7 Å². The van der Waals surface area contributed by atoms with Crippen molar-refractivity contribution in [2.75, 3.05) is 19.7 Å². The fourth-order valence-electron chi connectivity index (χ4n) is 2.64. The molecule has 3 nitrogen and oxygen atoms in total. The summed E-state index contributed by atoms with van der Waals surface area (Å²) in [7, 11) is 0. The number of thiophene rings is 1. The van der Waals surface area contributed by atoms with E-state index in [2.05, 4.69) is 16.3 Å². The average molecular weight is 301 g/mol. The van der Waals surface area contributed by atoms with Crippen LogP contribution in [0.2, 0.25) is 0 Å². The van der Waals surface area contributed by atoms with Crippen LogP contribution in [0.3, 0.4) is 0 Å². The number of carbonyl (C=O) groups is 1. The molecular weight excluding hydrogens is 282 g/mol. The van der Waals surface area contributed by atoms with Crippen LogP contribution in [0.4, 0.5) is 0 Å².